The molecular weight excluding hydrogens is 352 g/mol. The lowest BCUT2D eigenvalue weighted by atomic mass is 9.78. The van der Waals surface area contributed by atoms with Crippen LogP contribution in [-0.2, 0) is 11.2 Å². The van der Waals surface area contributed by atoms with Crippen molar-refractivity contribution in [2.75, 3.05) is 12.1 Å². The molecule has 0 unspecified atom stereocenters. The van der Waals surface area contributed by atoms with E-state index in [1.165, 1.54) is 17.4 Å². The summed E-state index contributed by atoms with van der Waals surface area (Å²) in [6.45, 7) is 4.33. The fourth-order valence-electron chi connectivity index (χ4n) is 3.11. The summed E-state index contributed by atoms with van der Waals surface area (Å²) in [5.74, 6) is 1.18. The number of carbonyl (C=O) groups excluding carboxylic acids is 2. The minimum absolute atomic E-state index is 0.0846. The largest absolute Gasteiger partial charge is 0.454 e. The summed E-state index contributed by atoms with van der Waals surface area (Å²) < 4.78 is 10.6. The second kappa shape index (κ2) is 6.25. The number of ketones is 1. The van der Waals surface area contributed by atoms with Gasteiger partial charge >= 0.3 is 0 Å². The molecule has 0 bridgehead atoms. The number of amides is 1. The number of hydrogen-bond acceptors (Lipinski definition) is 6. The number of anilines is 1. The highest BCUT2D eigenvalue weighted by atomic mass is 32.1. The summed E-state index contributed by atoms with van der Waals surface area (Å²) >= 11 is 1.25. The van der Waals surface area contributed by atoms with E-state index >= 15 is 0 Å². The third kappa shape index (κ3) is 3.35. The van der Waals surface area contributed by atoms with Gasteiger partial charge in [-0.3, -0.25) is 14.9 Å². The lowest BCUT2D eigenvalue weighted by Crippen LogP contribution is -2.26. The van der Waals surface area contributed by atoms with Crippen LogP contribution >= 0.6 is 11.3 Å². The van der Waals surface area contributed by atoms with Crippen LogP contribution in [0.2, 0.25) is 0 Å². The second-order valence-electron chi connectivity index (χ2n) is 7.17. The Morgan fingerprint density at radius 3 is 2.92 bits per heavy atom. The summed E-state index contributed by atoms with van der Waals surface area (Å²) in [6.07, 6.45) is 4.38. The minimum Gasteiger partial charge on any atom is -0.454 e. The molecule has 0 fully saturated rings. The number of aromatic nitrogens is 1. The third-order valence-corrected chi connectivity index (χ3v) is 5.34. The van der Waals surface area contributed by atoms with Crippen LogP contribution in [0.4, 0.5) is 5.13 Å². The van der Waals surface area contributed by atoms with Gasteiger partial charge in [-0.15, -0.1) is 0 Å². The lowest BCUT2D eigenvalue weighted by molar-refractivity contribution is -0.111. The Balaban J connectivity index is 1.45. The van der Waals surface area contributed by atoms with Crippen molar-refractivity contribution < 1.29 is 19.1 Å². The van der Waals surface area contributed by atoms with Gasteiger partial charge in [0, 0.05) is 12.5 Å². The highest BCUT2D eigenvalue weighted by molar-refractivity contribution is 7.17. The van der Waals surface area contributed by atoms with Crippen LogP contribution in [0, 0.1) is 5.41 Å². The van der Waals surface area contributed by atoms with Gasteiger partial charge in [-0.2, -0.15) is 0 Å². The number of fused-ring (bicyclic) bond motifs is 2. The molecule has 7 heteroatoms. The Morgan fingerprint density at radius 1 is 1.27 bits per heavy atom. The Bertz CT molecular complexity index is 930. The Hall–Kier alpha value is -2.67. The van der Waals surface area contributed by atoms with Gasteiger partial charge in [-0.25, -0.2) is 4.98 Å². The third-order valence-electron chi connectivity index (χ3n) is 4.29. The predicted molar refractivity (Wildman–Crippen MR) is 98.8 cm³/mol. The molecule has 0 spiro atoms. The average molecular weight is 370 g/mol. The molecular formula is C19H18N2O4S. The number of nitrogens with zero attached hydrogens (tertiary/aromatic N) is 1. The van der Waals surface area contributed by atoms with Crippen LogP contribution in [0.3, 0.4) is 0 Å². The quantitative estimate of drug-likeness (QED) is 0.834. The highest BCUT2D eigenvalue weighted by Crippen LogP contribution is 2.38. The number of thiazole rings is 1. The molecule has 0 radical (unpaired) electrons. The van der Waals surface area contributed by atoms with E-state index in [-0.39, 0.29) is 23.9 Å². The minimum atomic E-state index is -0.291. The fourth-order valence-corrected chi connectivity index (χ4v) is 4.03. The number of ether oxygens (including phenoxy) is 2. The lowest BCUT2D eigenvalue weighted by Gasteiger charge is -2.26. The zero-order valence-electron chi connectivity index (χ0n) is 14.5. The molecule has 4 rings (SSSR count). The molecule has 1 aliphatic heterocycles. The van der Waals surface area contributed by atoms with Crippen molar-refractivity contribution in [3.8, 4) is 11.5 Å². The van der Waals surface area contributed by atoms with E-state index in [4.69, 9.17) is 9.47 Å². The summed E-state index contributed by atoms with van der Waals surface area (Å²) in [4.78, 5) is 29.5. The first-order chi connectivity index (χ1) is 12.4. The van der Waals surface area contributed by atoms with Crippen LogP contribution in [0.1, 0.15) is 41.2 Å². The summed E-state index contributed by atoms with van der Waals surface area (Å²) in [6, 6.07) is 5.47. The van der Waals surface area contributed by atoms with Crippen molar-refractivity contribution in [1.29, 1.82) is 0 Å². The van der Waals surface area contributed by atoms with Crippen molar-refractivity contribution in [3.63, 3.8) is 0 Å². The number of rotatable bonds is 3. The summed E-state index contributed by atoms with van der Waals surface area (Å²) in [5.41, 5.74) is 1.53. The number of carbonyl (C=O) groups is 2. The molecule has 2 heterocycles. The van der Waals surface area contributed by atoms with Crippen molar-refractivity contribution in [1.82, 2.24) is 4.98 Å². The predicted octanol–water partition coefficient (Wildman–Crippen LogP) is 3.68. The Kier molecular flexibility index (Phi) is 4.03. The molecule has 0 saturated heterocycles. The number of hydrogen-bond donors (Lipinski definition) is 1. The van der Waals surface area contributed by atoms with Gasteiger partial charge in [0.1, 0.15) is 0 Å². The molecule has 1 aromatic carbocycles. The van der Waals surface area contributed by atoms with Crippen LogP contribution in [-0.4, -0.2) is 23.5 Å². The van der Waals surface area contributed by atoms with Crippen LogP contribution in [0.5, 0.6) is 11.5 Å². The number of nitrogens with one attached hydrogen (secondary N) is 1. The van der Waals surface area contributed by atoms with Crippen LogP contribution in [0.15, 0.2) is 24.3 Å². The van der Waals surface area contributed by atoms with Crippen molar-refractivity contribution in [2.45, 2.75) is 26.7 Å². The molecule has 2 aromatic rings. The average Bonchev–Trinajstić information content (AvgIpc) is 3.17. The van der Waals surface area contributed by atoms with Crippen molar-refractivity contribution >= 4 is 34.2 Å². The van der Waals surface area contributed by atoms with Gasteiger partial charge in [-0.1, -0.05) is 31.3 Å². The second-order valence-corrected chi connectivity index (χ2v) is 8.17. The van der Waals surface area contributed by atoms with E-state index < -0.39 is 0 Å². The maximum absolute atomic E-state index is 12.2. The maximum atomic E-state index is 12.2. The topological polar surface area (TPSA) is 77.5 Å². The molecule has 0 atom stereocenters. The molecule has 26 heavy (non-hydrogen) atoms. The monoisotopic (exact) mass is 370 g/mol. The van der Waals surface area contributed by atoms with E-state index in [1.807, 2.05) is 18.2 Å². The van der Waals surface area contributed by atoms with Crippen LogP contribution in [0.25, 0.3) is 6.08 Å². The Labute approximate surface area is 154 Å². The normalized spacial score (nSPS) is 17.4. The molecule has 2 aliphatic rings. The van der Waals surface area contributed by atoms with Gasteiger partial charge in [0.2, 0.25) is 12.7 Å². The fraction of sp³-hybridized carbons (Fsp3) is 0.316. The first-order valence-corrected chi connectivity index (χ1v) is 9.13. The first-order valence-electron chi connectivity index (χ1n) is 8.31. The van der Waals surface area contributed by atoms with E-state index in [0.29, 0.717) is 27.9 Å². The van der Waals surface area contributed by atoms with Gasteiger partial charge in [0.25, 0.3) is 0 Å². The van der Waals surface area contributed by atoms with E-state index in [0.717, 1.165) is 17.7 Å². The summed E-state index contributed by atoms with van der Waals surface area (Å²) in [7, 11) is 0. The molecule has 1 N–H and O–H groups in total. The zero-order chi connectivity index (χ0) is 18.3. The molecule has 1 aromatic heterocycles. The van der Waals surface area contributed by atoms with Gasteiger partial charge < -0.3 is 9.47 Å². The first kappa shape index (κ1) is 16.8. The van der Waals surface area contributed by atoms with Crippen molar-refractivity contribution in [2.24, 2.45) is 5.41 Å². The summed E-state index contributed by atoms with van der Waals surface area (Å²) in [5, 5.41) is 3.20. The van der Waals surface area contributed by atoms with E-state index in [1.54, 1.807) is 6.08 Å². The van der Waals surface area contributed by atoms with Gasteiger partial charge in [-0.05, 0) is 35.6 Å². The zero-order valence-corrected chi connectivity index (χ0v) is 15.3. The van der Waals surface area contributed by atoms with Crippen LogP contribution < -0.4 is 14.8 Å². The number of benzene rings is 1. The van der Waals surface area contributed by atoms with Crippen molar-refractivity contribution in [3.05, 3.63) is 40.4 Å². The number of Topliss-reactive ketones (excluding diaryl/α,β-unsaturated/α-hetero) is 1. The van der Waals surface area contributed by atoms with Gasteiger partial charge in [0.15, 0.2) is 22.4 Å². The standard InChI is InChI=1S/C19H18N2O4S/c1-19(2)8-12-17(13(22)9-19)26-18(20-12)21-16(23)6-4-11-3-5-14-15(7-11)25-10-24-14/h3-7H,8-10H2,1-2H3,(H,20,21,23). The van der Waals surface area contributed by atoms with E-state index in [2.05, 4.69) is 24.1 Å². The maximum Gasteiger partial charge on any atom is 0.250 e. The molecule has 134 valence electrons. The molecule has 6 nitrogen and oxygen atoms in total. The SMILES string of the molecule is CC1(C)CC(=O)c2sc(NC(=O)C=Cc3ccc4c(c3)OCO4)nc2C1. The highest BCUT2D eigenvalue weighted by Gasteiger charge is 2.34. The smallest absolute Gasteiger partial charge is 0.250 e. The molecule has 1 aliphatic carbocycles. The van der Waals surface area contributed by atoms with E-state index in [9.17, 15) is 9.59 Å². The van der Waals surface area contributed by atoms with Gasteiger partial charge in [0.05, 0.1) is 10.6 Å². The molecule has 0 saturated carbocycles. The molecule has 1 amide bonds. The Morgan fingerprint density at radius 2 is 2.08 bits per heavy atom.